The molecule has 6 nitrogen and oxygen atoms in total. The first-order valence-electron chi connectivity index (χ1n) is 7.66. The number of likely N-dealkylation sites (N-methyl/N-ethyl adjacent to an activating group) is 1. The van der Waals surface area contributed by atoms with Crippen molar-refractivity contribution in [3.8, 4) is 0 Å². The van der Waals surface area contributed by atoms with E-state index < -0.39 is 12.1 Å². The van der Waals surface area contributed by atoms with Gasteiger partial charge in [0.1, 0.15) is 5.69 Å². The highest BCUT2D eigenvalue weighted by molar-refractivity contribution is 6.35. The van der Waals surface area contributed by atoms with Gasteiger partial charge in [0.05, 0.1) is 10.5 Å². The van der Waals surface area contributed by atoms with E-state index in [-0.39, 0.29) is 11.9 Å². The molecule has 0 aliphatic carbocycles. The Morgan fingerprint density at radius 2 is 2.00 bits per heavy atom. The zero-order valence-electron chi connectivity index (χ0n) is 13.7. The highest BCUT2D eigenvalue weighted by Crippen LogP contribution is 2.24. The molecule has 1 unspecified atom stereocenters. The summed E-state index contributed by atoms with van der Waals surface area (Å²) in [4.78, 5) is 26.3. The van der Waals surface area contributed by atoms with Crippen LogP contribution in [-0.2, 0) is 4.79 Å². The fourth-order valence-electron chi connectivity index (χ4n) is 2.56. The van der Waals surface area contributed by atoms with Gasteiger partial charge in [0, 0.05) is 25.0 Å². The van der Waals surface area contributed by atoms with Crippen LogP contribution in [0.1, 0.15) is 16.9 Å². The maximum absolute atomic E-state index is 12.4. The number of hydrogen-bond acceptors (Lipinski definition) is 3. The van der Waals surface area contributed by atoms with Crippen LogP contribution in [0.3, 0.4) is 0 Å². The third kappa shape index (κ3) is 4.67. The number of rotatable bonds is 2. The van der Waals surface area contributed by atoms with E-state index in [0.29, 0.717) is 10.7 Å². The molecule has 1 aromatic carbocycles. The minimum Gasteiger partial charge on any atom is -0.475 e. The topological polar surface area (TPSA) is 85.4 Å². The van der Waals surface area contributed by atoms with Crippen molar-refractivity contribution in [3.63, 3.8) is 0 Å². The Labute approximate surface area is 151 Å². The van der Waals surface area contributed by atoms with Crippen LogP contribution in [0.25, 0.3) is 10.9 Å². The molecule has 142 valence electrons. The Hall–Kier alpha value is -2.26. The van der Waals surface area contributed by atoms with Crippen molar-refractivity contribution < 1.29 is 27.9 Å². The molecule has 1 aliphatic heterocycles. The molecule has 1 saturated heterocycles. The SMILES string of the molecule is CN(C(=O)c1cc2cccc(Cl)c2[nH]1)C1CCNC1.O=C(O)C(F)(F)F. The highest BCUT2D eigenvalue weighted by Gasteiger charge is 2.38. The predicted molar refractivity (Wildman–Crippen MR) is 90.4 cm³/mol. The van der Waals surface area contributed by atoms with Gasteiger partial charge in [-0.15, -0.1) is 0 Å². The van der Waals surface area contributed by atoms with E-state index >= 15 is 0 Å². The molecule has 1 amide bonds. The predicted octanol–water partition coefficient (Wildman–Crippen LogP) is 2.89. The minimum absolute atomic E-state index is 0.0148. The van der Waals surface area contributed by atoms with E-state index in [0.717, 1.165) is 30.4 Å². The van der Waals surface area contributed by atoms with Gasteiger partial charge in [-0.2, -0.15) is 13.2 Å². The van der Waals surface area contributed by atoms with Gasteiger partial charge >= 0.3 is 12.1 Å². The summed E-state index contributed by atoms with van der Waals surface area (Å²) in [6.07, 6.45) is -4.08. The Balaban J connectivity index is 0.000000298. The third-order valence-corrected chi connectivity index (χ3v) is 4.30. The number of nitrogens with zero attached hydrogens (tertiary/aromatic N) is 1. The maximum Gasteiger partial charge on any atom is 0.490 e. The van der Waals surface area contributed by atoms with Crippen molar-refractivity contribution in [2.75, 3.05) is 20.1 Å². The van der Waals surface area contributed by atoms with E-state index in [2.05, 4.69) is 10.3 Å². The number of hydrogen-bond donors (Lipinski definition) is 3. The first kappa shape index (κ1) is 20.1. The van der Waals surface area contributed by atoms with Crippen molar-refractivity contribution >= 4 is 34.4 Å². The number of carboxylic acids is 1. The highest BCUT2D eigenvalue weighted by atomic mass is 35.5. The number of aliphatic carboxylic acids is 1. The Morgan fingerprint density at radius 1 is 1.35 bits per heavy atom. The van der Waals surface area contributed by atoms with Gasteiger partial charge in [-0.3, -0.25) is 4.79 Å². The number of fused-ring (bicyclic) bond motifs is 1. The van der Waals surface area contributed by atoms with Gasteiger partial charge < -0.3 is 20.3 Å². The number of H-pyrrole nitrogens is 1. The number of benzene rings is 1. The van der Waals surface area contributed by atoms with Crippen LogP contribution in [0, 0.1) is 0 Å². The normalized spacial score (nSPS) is 16.9. The number of amides is 1. The average Bonchev–Trinajstić information content (AvgIpc) is 3.23. The number of carbonyl (C=O) groups is 2. The second-order valence-electron chi connectivity index (χ2n) is 5.75. The smallest absolute Gasteiger partial charge is 0.475 e. The number of halogens is 4. The van der Waals surface area contributed by atoms with Gasteiger partial charge in [0.15, 0.2) is 0 Å². The lowest BCUT2D eigenvalue weighted by atomic mass is 10.2. The second-order valence-corrected chi connectivity index (χ2v) is 6.16. The summed E-state index contributed by atoms with van der Waals surface area (Å²) in [5.41, 5.74) is 1.42. The van der Waals surface area contributed by atoms with Crippen molar-refractivity contribution in [1.82, 2.24) is 15.2 Å². The maximum atomic E-state index is 12.4. The van der Waals surface area contributed by atoms with Crippen LogP contribution in [0.4, 0.5) is 13.2 Å². The monoisotopic (exact) mass is 391 g/mol. The Morgan fingerprint density at radius 3 is 2.50 bits per heavy atom. The number of nitrogens with one attached hydrogen (secondary N) is 2. The zero-order valence-corrected chi connectivity index (χ0v) is 14.5. The zero-order chi connectivity index (χ0) is 19.5. The summed E-state index contributed by atoms with van der Waals surface area (Å²) >= 11 is 6.12. The lowest BCUT2D eigenvalue weighted by Gasteiger charge is -2.23. The van der Waals surface area contributed by atoms with Crippen LogP contribution in [0.2, 0.25) is 5.02 Å². The largest absolute Gasteiger partial charge is 0.490 e. The molecule has 1 aliphatic rings. The average molecular weight is 392 g/mol. The van der Waals surface area contributed by atoms with E-state index in [9.17, 15) is 18.0 Å². The number of para-hydroxylation sites is 1. The fourth-order valence-corrected chi connectivity index (χ4v) is 2.79. The Kier molecular flexibility index (Phi) is 6.14. The molecule has 1 atom stereocenters. The van der Waals surface area contributed by atoms with E-state index in [4.69, 9.17) is 21.5 Å². The van der Waals surface area contributed by atoms with Crippen molar-refractivity contribution in [2.24, 2.45) is 0 Å². The molecule has 2 heterocycles. The van der Waals surface area contributed by atoms with E-state index in [1.54, 1.807) is 4.90 Å². The lowest BCUT2D eigenvalue weighted by Crippen LogP contribution is -2.38. The molecule has 0 bridgehead atoms. The first-order chi connectivity index (χ1) is 12.1. The quantitative estimate of drug-likeness (QED) is 0.735. The summed E-state index contributed by atoms with van der Waals surface area (Å²) in [7, 11) is 1.85. The third-order valence-electron chi connectivity index (χ3n) is 3.98. The molecule has 2 aromatic rings. The number of aromatic nitrogens is 1. The summed E-state index contributed by atoms with van der Waals surface area (Å²) < 4.78 is 31.7. The van der Waals surface area contributed by atoms with Crippen molar-refractivity contribution in [2.45, 2.75) is 18.6 Å². The van der Waals surface area contributed by atoms with Crippen molar-refractivity contribution in [1.29, 1.82) is 0 Å². The minimum atomic E-state index is -5.08. The van der Waals surface area contributed by atoms with Crippen LogP contribution in [0.5, 0.6) is 0 Å². The van der Waals surface area contributed by atoms with Crippen LogP contribution in [-0.4, -0.2) is 59.2 Å². The standard InChI is InChI=1S/C14H16ClN3O.C2HF3O2/c1-18(10-5-6-16-8-10)14(19)12-7-9-3-2-4-11(15)13(9)17-12;3-2(4,5)1(6)7/h2-4,7,10,16-17H,5-6,8H2,1H3;(H,6,7). The molecule has 0 spiro atoms. The lowest BCUT2D eigenvalue weighted by molar-refractivity contribution is -0.192. The van der Waals surface area contributed by atoms with Crippen LogP contribution < -0.4 is 5.32 Å². The number of aromatic amines is 1. The molecule has 3 rings (SSSR count). The van der Waals surface area contributed by atoms with Gasteiger partial charge in [0.2, 0.25) is 0 Å². The summed E-state index contributed by atoms with van der Waals surface area (Å²) in [6, 6.07) is 7.79. The van der Waals surface area contributed by atoms with Gasteiger partial charge in [-0.25, -0.2) is 4.79 Å². The summed E-state index contributed by atoms with van der Waals surface area (Å²) in [5, 5.41) is 12.0. The Bertz CT molecular complexity index is 801. The molecule has 0 radical (unpaired) electrons. The van der Waals surface area contributed by atoms with Gasteiger partial charge in [-0.1, -0.05) is 23.7 Å². The molecule has 1 aromatic heterocycles. The number of carbonyl (C=O) groups excluding carboxylic acids is 1. The molecular formula is C16H17ClF3N3O3. The molecule has 0 saturated carbocycles. The molecule has 3 N–H and O–H groups in total. The first-order valence-corrected chi connectivity index (χ1v) is 8.04. The van der Waals surface area contributed by atoms with Crippen LogP contribution >= 0.6 is 11.6 Å². The van der Waals surface area contributed by atoms with E-state index in [1.807, 2.05) is 31.3 Å². The number of alkyl halides is 3. The molecular weight excluding hydrogens is 375 g/mol. The summed E-state index contributed by atoms with van der Waals surface area (Å²) in [6.45, 7) is 1.84. The summed E-state index contributed by atoms with van der Waals surface area (Å²) in [5.74, 6) is -2.74. The van der Waals surface area contributed by atoms with Crippen LogP contribution in [0.15, 0.2) is 24.3 Å². The van der Waals surface area contributed by atoms with Gasteiger partial charge in [0.25, 0.3) is 5.91 Å². The molecule has 10 heteroatoms. The van der Waals surface area contributed by atoms with Gasteiger partial charge in [-0.05, 0) is 25.1 Å². The fraction of sp³-hybridized carbons (Fsp3) is 0.375. The number of carboxylic acid groups (broad SMARTS) is 1. The molecule has 1 fully saturated rings. The van der Waals surface area contributed by atoms with Crippen molar-refractivity contribution in [3.05, 3.63) is 35.0 Å². The molecule has 26 heavy (non-hydrogen) atoms. The second kappa shape index (κ2) is 7.96. The van der Waals surface area contributed by atoms with E-state index in [1.165, 1.54) is 0 Å².